The first-order chi connectivity index (χ1) is 35.7. The van der Waals surface area contributed by atoms with Gasteiger partial charge in [0.2, 0.25) is 0 Å². The van der Waals surface area contributed by atoms with Gasteiger partial charge in [-0.2, -0.15) is 0 Å². The number of aliphatic hydroxyl groups excluding tert-OH is 2. The first kappa shape index (κ1) is 67.0. The molecule has 76 heavy (non-hydrogen) atoms. The SMILES string of the molecule is CC(C)C(=O)Oc1ccc(CO)cc1[C@H](CCN(C(C)C)C(C)C)c1ccccc1.CC(C)C(=O)Oc1ccc(CO)cc1[C@H](CCN(C(C)C)C(C)C)c1ccccc1.O=C(O)/C=C/C(=O)O.O=C(O)/C=C/C(=O)O.[HH]. The molecule has 0 radical (unpaired) electrons. The van der Waals surface area contributed by atoms with Crippen molar-refractivity contribution < 1.29 is 70.3 Å². The Kier molecular flexibility index (Phi) is 31.1. The van der Waals surface area contributed by atoms with Crippen molar-refractivity contribution in [1.29, 1.82) is 0 Å². The van der Waals surface area contributed by atoms with Crippen molar-refractivity contribution >= 4 is 35.8 Å². The number of carboxylic acids is 4. The van der Waals surface area contributed by atoms with Crippen molar-refractivity contribution in [1.82, 2.24) is 9.80 Å². The van der Waals surface area contributed by atoms with Crippen molar-refractivity contribution in [3.8, 4) is 11.5 Å². The van der Waals surface area contributed by atoms with Crippen LogP contribution in [0.25, 0.3) is 0 Å². The summed E-state index contributed by atoms with van der Waals surface area (Å²) >= 11 is 0. The Labute approximate surface area is 450 Å². The van der Waals surface area contributed by atoms with Gasteiger partial charge in [0.15, 0.2) is 0 Å². The summed E-state index contributed by atoms with van der Waals surface area (Å²) in [6.07, 6.45) is 4.01. The maximum atomic E-state index is 12.3. The van der Waals surface area contributed by atoms with Gasteiger partial charge < -0.3 is 40.1 Å². The van der Waals surface area contributed by atoms with Crippen LogP contribution in [0.3, 0.4) is 0 Å². The topological polar surface area (TPSA) is 249 Å². The molecule has 0 amide bonds. The number of aliphatic carboxylic acids is 4. The number of carbonyl (C=O) groups excluding carboxylic acids is 2. The van der Waals surface area contributed by atoms with Crippen LogP contribution < -0.4 is 9.47 Å². The van der Waals surface area contributed by atoms with Crippen LogP contribution in [0.15, 0.2) is 121 Å². The minimum atomic E-state index is -1.26. The number of esters is 2. The summed E-state index contributed by atoms with van der Waals surface area (Å²) in [6, 6.07) is 33.7. The molecule has 4 aromatic carbocycles. The first-order valence-electron chi connectivity index (χ1n) is 25.5. The van der Waals surface area contributed by atoms with Gasteiger partial charge in [0.1, 0.15) is 11.5 Å². The molecule has 0 spiro atoms. The highest BCUT2D eigenvalue weighted by Gasteiger charge is 2.26. The lowest BCUT2D eigenvalue weighted by molar-refractivity contribution is -0.138. The Morgan fingerprint density at radius 3 is 0.947 bits per heavy atom. The number of benzene rings is 4. The van der Waals surface area contributed by atoms with Crippen molar-refractivity contribution in [2.75, 3.05) is 13.1 Å². The maximum Gasteiger partial charge on any atom is 0.328 e. The van der Waals surface area contributed by atoms with Crippen LogP contribution in [0.1, 0.15) is 143 Å². The molecule has 0 unspecified atom stereocenters. The molecular formula is C60H84N2O14. The molecule has 2 atom stereocenters. The Balaban J connectivity index is 0.00000116. The lowest BCUT2D eigenvalue weighted by Gasteiger charge is -2.32. The molecular weight excluding hydrogens is 973 g/mol. The van der Waals surface area contributed by atoms with Gasteiger partial charge in [-0.3, -0.25) is 19.4 Å². The quantitative estimate of drug-likeness (QED) is 0.0217. The third-order valence-electron chi connectivity index (χ3n) is 11.8. The molecule has 0 heterocycles. The molecule has 0 saturated carbocycles. The molecule has 0 fully saturated rings. The Bertz CT molecular complexity index is 2250. The highest BCUT2D eigenvalue weighted by molar-refractivity contribution is 5.90. The van der Waals surface area contributed by atoms with E-state index in [9.17, 15) is 39.0 Å². The third-order valence-corrected chi connectivity index (χ3v) is 11.8. The largest absolute Gasteiger partial charge is 0.478 e. The molecule has 0 bridgehead atoms. The van der Waals surface area contributed by atoms with E-state index in [2.05, 4.69) is 89.5 Å². The number of carboxylic acid groups (broad SMARTS) is 4. The lowest BCUT2D eigenvalue weighted by Crippen LogP contribution is -2.38. The Morgan fingerprint density at radius 1 is 0.447 bits per heavy atom. The van der Waals surface area contributed by atoms with Gasteiger partial charge in [-0.1, -0.05) is 100 Å². The fraction of sp³-hybridized carbons (Fsp3) is 0.433. The summed E-state index contributed by atoms with van der Waals surface area (Å²) in [5.74, 6) is -4.64. The van der Waals surface area contributed by atoms with Gasteiger partial charge in [-0.05, 0) is 128 Å². The summed E-state index contributed by atoms with van der Waals surface area (Å²) in [5.41, 5.74) is 5.91. The molecule has 16 nitrogen and oxygen atoms in total. The number of nitrogens with zero attached hydrogens (tertiary/aromatic N) is 2. The van der Waals surface area contributed by atoms with Crippen molar-refractivity contribution in [2.45, 2.75) is 145 Å². The van der Waals surface area contributed by atoms with Crippen LogP contribution in [-0.4, -0.2) is 114 Å². The average molecular weight is 1060 g/mol. The second kappa shape index (κ2) is 35.3. The van der Waals surface area contributed by atoms with E-state index < -0.39 is 23.9 Å². The summed E-state index contributed by atoms with van der Waals surface area (Å²) < 4.78 is 11.6. The smallest absolute Gasteiger partial charge is 0.328 e. The first-order valence-corrected chi connectivity index (χ1v) is 25.5. The van der Waals surface area contributed by atoms with E-state index in [1.807, 2.05) is 100 Å². The predicted octanol–water partition coefficient (Wildman–Crippen LogP) is 10.4. The highest BCUT2D eigenvalue weighted by Crippen LogP contribution is 2.38. The zero-order valence-electron chi connectivity index (χ0n) is 46.3. The number of rotatable bonds is 24. The number of hydrogen-bond donors (Lipinski definition) is 6. The lowest BCUT2D eigenvalue weighted by atomic mass is 9.86. The van der Waals surface area contributed by atoms with E-state index in [0.717, 1.165) is 48.2 Å². The molecule has 6 N–H and O–H groups in total. The van der Waals surface area contributed by atoms with Gasteiger partial charge in [0.25, 0.3) is 0 Å². The van der Waals surface area contributed by atoms with Crippen LogP contribution in [0, 0.1) is 11.8 Å². The van der Waals surface area contributed by atoms with E-state index in [0.29, 0.717) is 60.0 Å². The standard InChI is InChI=1S/2C26H37NO3.2C4H4O4.H2/c2*1-18(2)26(29)30-25-13-12-21(17-28)16-24(25)23(22-10-8-7-9-11-22)14-15-27(19(3)4)20(5)6;2*5-3(6)1-2-4(7)8;/h2*7-13,16,18-20,23,28H,14-15,17H2,1-6H3;2*1-2H,(H,5,6)(H,7,8);1H/b;;2*2-1+;/t2*23-;;;/m11.../s1. The van der Waals surface area contributed by atoms with Crippen molar-refractivity contribution in [3.63, 3.8) is 0 Å². The van der Waals surface area contributed by atoms with Gasteiger partial charge in [0, 0.05) is 72.9 Å². The van der Waals surface area contributed by atoms with Crippen molar-refractivity contribution in [2.24, 2.45) is 11.8 Å². The van der Waals surface area contributed by atoms with Crippen LogP contribution in [-0.2, 0) is 42.0 Å². The highest BCUT2D eigenvalue weighted by atomic mass is 16.5. The fourth-order valence-electron chi connectivity index (χ4n) is 8.02. The van der Waals surface area contributed by atoms with Crippen LogP contribution in [0.2, 0.25) is 0 Å². The molecule has 4 aromatic rings. The zero-order chi connectivity index (χ0) is 57.7. The van der Waals surface area contributed by atoms with Crippen molar-refractivity contribution in [3.05, 3.63) is 155 Å². The number of aliphatic hydroxyl groups is 2. The molecule has 0 aliphatic rings. The second-order valence-corrected chi connectivity index (χ2v) is 19.6. The number of ether oxygens (including phenoxy) is 2. The molecule has 16 heteroatoms. The van der Waals surface area contributed by atoms with Gasteiger partial charge in [0.05, 0.1) is 25.0 Å². The molecule has 0 aliphatic heterocycles. The van der Waals surface area contributed by atoms with E-state index in [-0.39, 0.29) is 50.3 Å². The summed E-state index contributed by atoms with van der Waals surface area (Å²) in [7, 11) is 0. The molecule has 0 saturated heterocycles. The van der Waals surface area contributed by atoms with E-state index in [1.165, 1.54) is 11.1 Å². The fourth-order valence-corrected chi connectivity index (χ4v) is 8.02. The third kappa shape index (κ3) is 25.5. The second-order valence-electron chi connectivity index (χ2n) is 19.6. The number of hydrogen-bond acceptors (Lipinski definition) is 12. The molecule has 0 aromatic heterocycles. The van der Waals surface area contributed by atoms with E-state index in [1.54, 1.807) is 0 Å². The van der Waals surface area contributed by atoms with Gasteiger partial charge in [-0.15, -0.1) is 0 Å². The van der Waals surface area contributed by atoms with E-state index >= 15 is 0 Å². The summed E-state index contributed by atoms with van der Waals surface area (Å²) in [4.78, 5) is 67.9. The Hall–Kier alpha value is -6.98. The zero-order valence-corrected chi connectivity index (χ0v) is 46.3. The monoisotopic (exact) mass is 1060 g/mol. The molecule has 4 rings (SSSR count). The van der Waals surface area contributed by atoms with Gasteiger partial charge >= 0.3 is 35.8 Å². The molecule has 0 aliphatic carbocycles. The van der Waals surface area contributed by atoms with Crippen LogP contribution in [0.4, 0.5) is 0 Å². The molecule has 418 valence electrons. The Morgan fingerprint density at radius 2 is 0.724 bits per heavy atom. The van der Waals surface area contributed by atoms with Crippen LogP contribution >= 0.6 is 0 Å². The summed E-state index contributed by atoms with van der Waals surface area (Å²) in [5, 5.41) is 50.7. The maximum absolute atomic E-state index is 12.3. The summed E-state index contributed by atoms with van der Waals surface area (Å²) in [6.45, 7) is 26.9. The van der Waals surface area contributed by atoms with E-state index in [4.69, 9.17) is 29.9 Å². The van der Waals surface area contributed by atoms with Crippen LogP contribution in [0.5, 0.6) is 11.5 Å². The normalized spacial score (nSPS) is 12.1. The minimum Gasteiger partial charge on any atom is -0.478 e. The minimum absolute atomic E-state index is 0. The van der Waals surface area contributed by atoms with Gasteiger partial charge in [-0.25, -0.2) is 19.2 Å². The average Bonchev–Trinajstić information content (AvgIpc) is 3.36. The predicted molar refractivity (Wildman–Crippen MR) is 296 cm³/mol. The number of carbonyl (C=O) groups is 6.